The number of ether oxygens (including phenoxy) is 9. The summed E-state index contributed by atoms with van der Waals surface area (Å²) < 4.78 is 110. The van der Waals surface area contributed by atoms with Crippen LogP contribution in [0.3, 0.4) is 0 Å². The summed E-state index contributed by atoms with van der Waals surface area (Å²) in [6.45, 7) is 16.0. The van der Waals surface area contributed by atoms with Crippen molar-refractivity contribution in [3.63, 3.8) is 0 Å². The molecule has 0 fully saturated rings. The first-order chi connectivity index (χ1) is 28.6. The van der Waals surface area contributed by atoms with Crippen molar-refractivity contribution in [2.45, 2.75) is 26.9 Å². The summed E-state index contributed by atoms with van der Waals surface area (Å²) >= 11 is 0. The molecule has 0 saturated carbocycles. The van der Waals surface area contributed by atoms with Crippen molar-refractivity contribution >= 4 is 7.81 Å². The fraction of sp³-hybridized carbons (Fsp3) is 0.395. The van der Waals surface area contributed by atoms with E-state index < -0.39 is 7.81 Å². The van der Waals surface area contributed by atoms with Crippen molar-refractivity contribution in [3.8, 4) is 28.7 Å². The van der Waals surface area contributed by atoms with E-state index in [1.54, 1.807) is 6.08 Å². The number of halogens is 6. The summed E-state index contributed by atoms with van der Waals surface area (Å²) in [4.78, 5) is 0. The Bertz CT molecular complexity index is 1660. The molecule has 1 heterocycles. The molecule has 5 rings (SSSR count). The average molecular weight is 876 g/mol. The number of benzene rings is 4. The Labute approximate surface area is 347 Å². The average Bonchev–Trinajstić information content (AvgIpc) is 3.18. The number of quaternary nitrogens is 1. The van der Waals surface area contributed by atoms with E-state index in [9.17, 15) is 25.2 Å². The van der Waals surface area contributed by atoms with Gasteiger partial charge in [-0.1, -0.05) is 66.2 Å². The molecule has 0 unspecified atom stereocenters. The molecular formula is C43H56F6NO9P. The van der Waals surface area contributed by atoms with Gasteiger partial charge in [-0.3, -0.25) is 0 Å². The molecule has 4 aromatic carbocycles. The summed E-state index contributed by atoms with van der Waals surface area (Å²) in [5.74, 6) is 3.63. The predicted octanol–water partition coefficient (Wildman–Crippen LogP) is 9.50. The second-order valence-corrected chi connectivity index (χ2v) is 15.0. The summed E-state index contributed by atoms with van der Waals surface area (Å²) in [5.41, 5.74) is 5.37. The maximum atomic E-state index is 9.87. The molecule has 0 radical (unpaired) electrons. The maximum absolute atomic E-state index is 10.7. The molecule has 10 nitrogen and oxygen atoms in total. The van der Waals surface area contributed by atoms with Gasteiger partial charge in [0.15, 0.2) is 23.0 Å². The number of para-hydroxylation sites is 4. The quantitative estimate of drug-likeness (QED) is 0.111. The Morgan fingerprint density at radius 1 is 0.517 bits per heavy atom. The smallest absolute Gasteiger partial charge is 0.161 e. The largest absolute Gasteiger partial charge is 0.487 e. The molecule has 0 spiro atoms. The first kappa shape index (κ1) is 49.8. The number of nitrogens with two attached hydrogens (primary N) is 1. The van der Waals surface area contributed by atoms with Gasteiger partial charge in [-0.25, -0.2) is 0 Å². The van der Waals surface area contributed by atoms with Gasteiger partial charge in [0.05, 0.1) is 52.9 Å². The van der Waals surface area contributed by atoms with E-state index in [2.05, 4.69) is 56.1 Å². The predicted molar refractivity (Wildman–Crippen MR) is 219 cm³/mol. The molecule has 60 heavy (non-hydrogen) atoms. The summed E-state index contributed by atoms with van der Waals surface area (Å²) in [7, 11) is -10.7. The van der Waals surface area contributed by atoms with Crippen molar-refractivity contribution < 1.29 is 73.1 Å². The van der Waals surface area contributed by atoms with E-state index in [1.807, 2.05) is 60.7 Å². The minimum Gasteiger partial charge on any atom is -0.487 e. The zero-order valence-electron chi connectivity index (χ0n) is 34.0. The van der Waals surface area contributed by atoms with Crippen LogP contribution in [0.25, 0.3) is 0 Å². The third-order valence-electron chi connectivity index (χ3n) is 7.72. The van der Waals surface area contributed by atoms with Crippen LogP contribution in [0, 0.1) is 13.8 Å². The van der Waals surface area contributed by atoms with Crippen LogP contribution >= 0.6 is 7.81 Å². The van der Waals surface area contributed by atoms with Crippen molar-refractivity contribution in [2.75, 3.05) is 85.9 Å². The SMILES string of the molecule is C=CCOc1ccc(C[NH2+]Cc2cc(C)cc(C)c2)cc1.F[P-](F)(F)(F)(F)F.c1ccc2c(c1)OCCOCCOCCOc1ccccc1OCCOCCOCCO2. The fourth-order valence-electron chi connectivity index (χ4n) is 5.33. The fourth-order valence-corrected chi connectivity index (χ4v) is 5.33. The number of fused-ring (bicyclic) bond motifs is 2. The zero-order chi connectivity index (χ0) is 43.6. The van der Waals surface area contributed by atoms with Crippen LogP contribution in [0.2, 0.25) is 0 Å². The molecule has 17 heteroatoms. The van der Waals surface area contributed by atoms with Crippen LogP contribution < -0.4 is 29.0 Å². The minimum atomic E-state index is -10.7. The number of hydrogen-bond acceptors (Lipinski definition) is 9. The van der Waals surface area contributed by atoms with Crippen molar-refractivity contribution in [2.24, 2.45) is 0 Å². The number of rotatable bonds is 7. The van der Waals surface area contributed by atoms with Gasteiger partial charge in [0.25, 0.3) is 0 Å². The van der Waals surface area contributed by atoms with Crippen LogP contribution in [0.15, 0.2) is 104 Å². The first-order valence-electron chi connectivity index (χ1n) is 19.3. The van der Waals surface area contributed by atoms with E-state index >= 15 is 0 Å². The van der Waals surface area contributed by atoms with Crippen LogP contribution in [0.5, 0.6) is 28.7 Å². The van der Waals surface area contributed by atoms with Crippen molar-refractivity contribution in [1.82, 2.24) is 0 Å². The molecule has 0 amide bonds. The molecule has 0 aliphatic carbocycles. The van der Waals surface area contributed by atoms with Gasteiger partial charge in [-0.15, -0.1) is 0 Å². The normalized spacial score (nSPS) is 16.1. The van der Waals surface area contributed by atoms with Gasteiger partial charge < -0.3 is 47.9 Å². The summed E-state index contributed by atoms with van der Waals surface area (Å²) in [6.07, 6.45) is 1.76. The Morgan fingerprint density at radius 2 is 0.850 bits per heavy atom. The van der Waals surface area contributed by atoms with Crippen LogP contribution in [-0.2, 0) is 32.0 Å². The Kier molecular flexibility index (Phi) is 21.0. The topological polar surface area (TPSA) is 99.7 Å². The van der Waals surface area contributed by atoms with Gasteiger partial charge in [-0.05, 0) is 62.4 Å². The Hall–Kier alpha value is -4.57. The van der Waals surface area contributed by atoms with Gasteiger partial charge in [0, 0.05) is 11.1 Å². The molecule has 0 atom stereocenters. The van der Waals surface area contributed by atoms with Gasteiger partial charge in [0.1, 0.15) is 51.9 Å². The first-order valence-corrected chi connectivity index (χ1v) is 21.4. The van der Waals surface area contributed by atoms with E-state index in [-0.39, 0.29) is 0 Å². The van der Waals surface area contributed by atoms with Gasteiger partial charge >= 0.3 is 33.0 Å². The van der Waals surface area contributed by atoms with Gasteiger partial charge in [0.2, 0.25) is 0 Å². The monoisotopic (exact) mass is 875 g/mol. The second kappa shape index (κ2) is 25.3. The number of aryl methyl sites for hydroxylation is 2. The Morgan fingerprint density at radius 3 is 1.20 bits per heavy atom. The molecule has 2 N–H and O–H groups in total. The van der Waals surface area contributed by atoms with E-state index in [0.29, 0.717) is 109 Å². The minimum absolute atomic E-state index is 0.425. The van der Waals surface area contributed by atoms with E-state index in [0.717, 1.165) is 18.8 Å². The molecule has 334 valence electrons. The summed E-state index contributed by atoms with van der Waals surface area (Å²) in [5, 5.41) is 2.33. The molecule has 1 aliphatic heterocycles. The molecule has 1 aliphatic rings. The van der Waals surface area contributed by atoms with E-state index in [4.69, 9.17) is 42.6 Å². The maximum Gasteiger partial charge on any atom is 0.161 e. The van der Waals surface area contributed by atoms with Crippen molar-refractivity contribution in [3.05, 3.63) is 126 Å². The van der Waals surface area contributed by atoms with Crippen LogP contribution in [0.1, 0.15) is 22.3 Å². The van der Waals surface area contributed by atoms with E-state index in [1.165, 1.54) is 22.3 Å². The van der Waals surface area contributed by atoms with Crippen LogP contribution in [-0.4, -0.2) is 85.9 Å². The third kappa shape index (κ3) is 25.8. The second-order valence-electron chi connectivity index (χ2n) is 13.1. The number of hydrogen-bond donors (Lipinski definition) is 1. The molecule has 4 aromatic rings. The Balaban J connectivity index is 0.000000293. The summed E-state index contributed by atoms with van der Waals surface area (Å²) in [6, 6.07) is 30.1. The standard InChI is InChI=1S/C24H32O8.C19H23NO.F6P/c1-2-6-22-21(5-1)29-17-13-25-9-10-27-15-19-31-23-7-3-4-8-24(23)32-20-16-28-12-11-26-14-18-30-22;1-4-9-21-19-7-5-17(6-8-19)13-20-14-18-11-15(2)10-16(3)12-18;1-7(2,3,4,5)6/h1-8H,9-20H2;4-8,10-12,20H,1,9,13-14H2,2-3H3;/q;;-1/p+1. The third-order valence-corrected chi connectivity index (χ3v) is 7.72. The van der Waals surface area contributed by atoms with Gasteiger partial charge in [-0.2, -0.15) is 0 Å². The van der Waals surface area contributed by atoms with Crippen molar-refractivity contribution in [1.29, 1.82) is 0 Å². The molecular weight excluding hydrogens is 819 g/mol. The zero-order valence-corrected chi connectivity index (χ0v) is 34.9. The molecule has 0 saturated heterocycles. The molecule has 0 bridgehead atoms. The molecule has 0 aromatic heterocycles. The van der Waals surface area contributed by atoms with Crippen LogP contribution in [0.4, 0.5) is 25.2 Å².